The van der Waals surface area contributed by atoms with Gasteiger partial charge in [0.2, 0.25) is 0 Å². The molecule has 0 unspecified atom stereocenters. The molecule has 0 amide bonds. The second-order valence-electron chi connectivity index (χ2n) is 8.09. The van der Waals surface area contributed by atoms with Crippen molar-refractivity contribution in [3.05, 3.63) is 30.0 Å². The van der Waals surface area contributed by atoms with E-state index in [1.807, 2.05) is 50.8 Å². The fourth-order valence-electron chi connectivity index (χ4n) is 3.53. The zero-order valence-electron chi connectivity index (χ0n) is 15.8. The molecule has 3 aromatic rings. The Kier molecular flexibility index (Phi) is 4.63. The second kappa shape index (κ2) is 6.96. The van der Waals surface area contributed by atoms with Crippen molar-refractivity contribution in [3.63, 3.8) is 0 Å². The van der Waals surface area contributed by atoms with Crippen LogP contribution in [-0.4, -0.2) is 32.6 Å². The fraction of sp³-hybridized carbons (Fsp3) is 0.450. The standard InChI is InChI=1S/C20H24N4O2S/c1-20(2,3)26-16(25)10-12-8-13(9-12)24-17-14-4-5-21-18(14)23-11-15(17)19-22-6-7-27-19/h4-7,11-13H,8-10H2,1-3H3,(H2,21,23,24). The number of esters is 1. The van der Waals surface area contributed by atoms with E-state index in [1.165, 1.54) is 0 Å². The molecule has 0 bridgehead atoms. The number of hydrogen-bond donors (Lipinski definition) is 2. The Morgan fingerprint density at radius 3 is 2.89 bits per heavy atom. The maximum absolute atomic E-state index is 12.0. The third-order valence-corrected chi connectivity index (χ3v) is 5.52. The van der Waals surface area contributed by atoms with Gasteiger partial charge in [0.1, 0.15) is 16.3 Å². The Morgan fingerprint density at radius 2 is 2.19 bits per heavy atom. The molecule has 142 valence electrons. The normalized spacial score (nSPS) is 19.7. The minimum atomic E-state index is -0.419. The van der Waals surface area contributed by atoms with Crippen molar-refractivity contribution >= 4 is 34.0 Å². The minimum Gasteiger partial charge on any atom is -0.460 e. The summed E-state index contributed by atoms with van der Waals surface area (Å²) in [6, 6.07) is 2.38. The first-order chi connectivity index (χ1) is 12.9. The van der Waals surface area contributed by atoms with Crippen LogP contribution in [0.15, 0.2) is 30.0 Å². The van der Waals surface area contributed by atoms with Gasteiger partial charge in [-0.2, -0.15) is 0 Å². The monoisotopic (exact) mass is 384 g/mol. The summed E-state index contributed by atoms with van der Waals surface area (Å²) >= 11 is 1.61. The summed E-state index contributed by atoms with van der Waals surface area (Å²) in [6.45, 7) is 5.71. The average Bonchev–Trinajstić information content (AvgIpc) is 3.22. The van der Waals surface area contributed by atoms with Crippen molar-refractivity contribution in [3.8, 4) is 10.6 Å². The maximum atomic E-state index is 12.0. The summed E-state index contributed by atoms with van der Waals surface area (Å²) in [5.74, 6) is 0.274. The third kappa shape index (κ3) is 3.98. The van der Waals surface area contributed by atoms with Crippen LogP contribution in [0.3, 0.4) is 0 Å². The van der Waals surface area contributed by atoms with Gasteiger partial charge in [0.05, 0.1) is 11.3 Å². The number of pyridine rings is 1. The van der Waals surface area contributed by atoms with E-state index in [0.29, 0.717) is 18.4 Å². The number of nitrogens with one attached hydrogen (secondary N) is 2. The molecule has 4 rings (SSSR count). The molecule has 0 atom stereocenters. The van der Waals surface area contributed by atoms with E-state index in [2.05, 4.69) is 20.3 Å². The SMILES string of the molecule is CC(C)(C)OC(=O)CC1CC(Nc2c(-c3nccs3)cnc3[nH]ccc23)C1. The molecule has 2 N–H and O–H groups in total. The third-order valence-electron chi connectivity index (χ3n) is 4.71. The molecule has 1 aliphatic carbocycles. The second-order valence-corrected chi connectivity index (χ2v) is 8.99. The number of rotatable bonds is 5. The zero-order chi connectivity index (χ0) is 19.0. The van der Waals surface area contributed by atoms with E-state index < -0.39 is 5.60 Å². The molecule has 0 spiro atoms. The van der Waals surface area contributed by atoms with Crippen LogP contribution < -0.4 is 5.32 Å². The summed E-state index contributed by atoms with van der Waals surface area (Å²) < 4.78 is 5.43. The molecule has 3 aromatic heterocycles. The highest BCUT2D eigenvalue weighted by atomic mass is 32.1. The predicted molar refractivity (Wildman–Crippen MR) is 108 cm³/mol. The van der Waals surface area contributed by atoms with Crippen molar-refractivity contribution < 1.29 is 9.53 Å². The number of fused-ring (bicyclic) bond motifs is 1. The smallest absolute Gasteiger partial charge is 0.306 e. The molecule has 0 radical (unpaired) electrons. The number of carbonyl (C=O) groups excluding carboxylic acids is 1. The number of aromatic nitrogens is 3. The van der Waals surface area contributed by atoms with Gasteiger partial charge in [0.25, 0.3) is 0 Å². The van der Waals surface area contributed by atoms with E-state index in [1.54, 1.807) is 11.3 Å². The van der Waals surface area contributed by atoms with E-state index >= 15 is 0 Å². The van der Waals surface area contributed by atoms with Crippen molar-refractivity contribution in [2.45, 2.75) is 51.7 Å². The lowest BCUT2D eigenvalue weighted by Crippen LogP contribution is -2.37. The molecular weight excluding hydrogens is 360 g/mol. The quantitative estimate of drug-likeness (QED) is 0.628. The van der Waals surface area contributed by atoms with Gasteiger partial charge in [0, 0.05) is 41.8 Å². The molecule has 1 fully saturated rings. The van der Waals surface area contributed by atoms with Crippen molar-refractivity contribution in [2.24, 2.45) is 5.92 Å². The van der Waals surface area contributed by atoms with Crippen LogP contribution in [0, 0.1) is 5.92 Å². The lowest BCUT2D eigenvalue weighted by Gasteiger charge is -2.37. The van der Waals surface area contributed by atoms with Crippen LogP contribution in [0.25, 0.3) is 21.6 Å². The molecule has 0 aliphatic heterocycles. The largest absolute Gasteiger partial charge is 0.460 e. The van der Waals surface area contributed by atoms with E-state index in [9.17, 15) is 4.79 Å². The van der Waals surface area contributed by atoms with Crippen molar-refractivity contribution in [2.75, 3.05) is 5.32 Å². The average molecular weight is 385 g/mol. The number of nitrogens with zero attached hydrogens (tertiary/aromatic N) is 2. The van der Waals surface area contributed by atoms with Gasteiger partial charge in [-0.1, -0.05) is 0 Å². The summed E-state index contributed by atoms with van der Waals surface area (Å²) in [6.07, 6.45) is 8.00. The Hall–Kier alpha value is -2.41. The molecule has 0 saturated heterocycles. The van der Waals surface area contributed by atoms with Gasteiger partial charge in [-0.15, -0.1) is 11.3 Å². The highest BCUT2D eigenvalue weighted by Crippen LogP contribution is 2.39. The first-order valence-corrected chi connectivity index (χ1v) is 10.1. The number of aromatic amines is 1. The summed E-state index contributed by atoms with van der Waals surface area (Å²) in [5.41, 5.74) is 2.53. The van der Waals surface area contributed by atoms with Crippen LogP contribution in [0.5, 0.6) is 0 Å². The van der Waals surface area contributed by atoms with Gasteiger partial charge in [-0.25, -0.2) is 9.97 Å². The number of hydrogen-bond acceptors (Lipinski definition) is 6. The lowest BCUT2D eigenvalue weighted by molar-refractivity contribution is -0.156. The summed E-state index contributed by atoms with van der Waals surface area (Å²) in [5, 5.41) is 7.67. The highest BCUT2D eigenvalue weighted by molar-refractivity contribution is 7.13. The van der Waals surface area contributed by atoms with E-state index in [4.69, 9.17) is 4.74 Å². The predicted octanol–water partition coefficient (Wildman–Crippen LogP) is 4.61. The van der Waals surface area contributed by atoms with Gasteiger partial charge < -0.3 is 15.0 Å². The van der Waals surface area contributed by atoms with E-state index in [-0.39, 0.29) is 5.97 Å². The highest BCUT2D eigenvalue weighted by Gasteiger charge is 2.33. The Morgan fingerprint density at radius 1 is 1.37 bits per heavy atom. The Labute approximate surface area is 162 Å². The number of carbonyl (C=O) groups is 1. The van der Waals surface area contributed by atoms with Gasteiger partial charge in [-0.05, 0) is 45.6 Å². The van der Waals surface area contributed by atoms with Gasteiger partial charge in [0.15, 0.2) is 0 Å². The van der Waals surface area contributed by atoms with Crippen LogP contribution in [0.2, 0.25) is 0 Å². The Balaban J connectivity index is 1.45. The first-order valence-electron chi connectivity index (χ1n) is 9.23. The van der Waals surface area contributed by atoms with Crippen LogP contribution in [-0.2, 0) is 9.53 Å². The topological polar surface area (TPSA) is 79.9 Å². The molecule has 3 heterocycles. The number of ether oxygens (including phenoxy) is 1. The Bertz CT molecular complexity index is 937. The molecule has 1 aliphatic rings. The number of anilines is 1. The maximum Gasteiger partial charge on any atom is 0.306 e. The van der Waals surface area contributed by atoms with Crippen LogP contribution >= 0.6 is 11.3 Å². The molecule has 6 nitrogen and oxygen atoms in total. The van der Waals surface area contributed by atoms with E-state index in [0.717, 1.165) is 40.1 Å². The minimum absolute atomic E-state index is 0.105. The van der Waals surface area contributed by atoms with Gasteiger partial charge >= 0.3 is 5.97 Å². The summed E-state index contributed by atoms with van der Waals surface area (Å²) in [7, 11) is 0. The molecule has 0 aromatic carbocycles. The zero-order valence-corrected chi connectivity index (χ0v) is 16.6. The first kappa shape index (κ1) is 18.0. The van der Waals surface area contributed by atoms with Crippen molar-refractivity contribution in [1.29, 1.82) is 0 Å². The number of H-pyrrole nitrogens is 1. The van der Waals surface area contributed by atoms with Crippen LogP contribution in [0.4, 0.5) is 5.69 Å². The number of thiazole rings is 1. The lowest BCUT2D eigenvalue weighted by atomic mass is 9.78. The van der Waals surface area contributed by atoms with Crippen LogP contribution in [0.1, 0.15) is 40.0 Å². The molecule has 7 heteroatoms. The molecule has 27 heavy (non-hydrogen) atoms. The molecule has 1 saturated carbocycles. The van der Waals surface area contributed by atoms with Crippen molar-refractivity contribution in [1.82, 2.24) is 15.0 Å². The molecular formula is C20H24N4O2S. The van der Waals surface area contributed by atoms with Gasteiger partial charge in [-0.3, -0.25) is 4.79 Å². The summed E-state index contributed by atoms with van der Waals surface area (Å²) in [4.78, 5) is 24.1. The fourth-order valence-corrected chi connectivity index (χ4v) is 4.18.